The van der Waals surface area contributed by atoms with Gasteiger partial charge in [-0.1, -0.05) is 48.0 Å². The summed E-state index contributed by atoms with van der Waals surface area (Å²) in [5, 5.41) is 10.5. The molecule has 1 fully saturated rings. The molecule has 3 atom stereocenters. The Labute approximate surface area is 130 Å². The summed E-state index contributed by atoms with van der Waals surface area (Å²) in [6.45, 7) is 0. The molecule has 3 heteroatoms. The van der Waals surface area contributed by atoms with Crippen LogP contribution in [-0.4, -0.2) is 17.3 Å². The molecule has 110 valence electrons. The third-order valence-corrected chi connectivity index (χ3v) is 4.58. The smallest absolute Gasteiger partial charge is 0.0693 e. The molecule has 2 nitrogen and oxygen atoms in total. The van der Waals surface area contributed by atoms with Crippen LogP contribution < -0.4 is 5.73 Å². The summed E-state index contributed by atoms with van der Waals surface area (Å²) >= 11 is 5.91. The first-order chi connectivity index (χ1) is 10.1. The van der Waals surface area contributed by atoms with Crippen LogP contribution in [-0.2, 0) is 6.42 Å². The standard InChI is InChI=1S/C18H20ClNO/c19-16-7-5-15(6-8-16)14-3-1-12(2-4-14)9-13-10-17(20)18(21)11-13/h1-8,13,17-18,21H,9-11,20H2/t13-,17+,18+/m1/s1. The lowest BCUT2D eigenvalue weighted by molar-refractivity contribution is 0.161. The van der Waals surface area contributed by atoms with Gasteiger partial charge in [0.15, 0.2) is 0 Å². The highest BCUT2D eigenvalue weighted by Crippen LogP contribution is 2.29. The Morgan fingerprint density at radius 3 is 2.05 bits per heavy atom. The van der Waals surface area contributed by atoms with Crippen LogP contribution in [0.3, 0.4) is 0 Å². The molecule has 2 aromatic rings. The predicted molar refractivity (Wildman–Crippen MR) is 87.3 cm³/mol. The van der Waals surface area contributed by atoms with E-state index in [4.69, 9.17) is 17.3 Å². The van der Waals surface area contributed by atoms with Crippen LogP contribution >= 0.6 is 11.6 Å². The molecule has 1 aliphatic carbocycles. The molecule has 0 radical (unpaired) electrons. The SMILES string of the molecule is N[C@H]1C[C@@H](Cc2ccc(-c3ccc(Cl)cc3)cc2)C[C@@H]1O. The van der Waals surface area contributed by atoms with Gasteiger partial charge in [-0.3, -0.25) is 0 Å². The van der Waals surface area contributed by atoms with Crippen molar-refractivity contribution in [1.82, 2.24) is 0 Å². The van der Waals surface area contributed by atoms with Gasteiger partial charge in [0.2, 0.25) is 0 Å². The van der Waals surface area contributed by atoms with Gasteiger partial charge in [0.25, 0.3) is 0 Å². The van der Waals surface area contributed by atoms with E-state index >= 15 is 0 Å². The average Bonchev–Trinajstić information content (AvgIpc) is 2.79. The van der Waals surface area contributed by atoms with E-state index in [1.165, 1.54) is 16.7 Å². The number of halogens is 1. The van der Waals surface area contributed by atoms with E-state index in [1.807, 2.05) is 24.3 Å². The number of aliphatic hydroxyl groups is 1. The number of hydrogen-bond acceptors (Lipinski definition) is 2. The first kappa shape index (κ1) is 14.6. The molecule has 21 heavy (non-hydrogen) atoms. The van der Waals surface area contributed by atoms with Crippen molar-refractivity contribution >= 4 is 11.6 Å². The fraction of sp³-hybridized carbons (Fsp3) is 0.333. The van der Waals surface area contributed by atoms with Crippen LogP contribution in [0.4, 0.5) is 0 Å². The van der Waals surface area contributed by atoms with Crippen LogP contribution in [0.1, 0.15) is 18.4 Å². The maximum atomic E-state index is 9.73. The van der Waals surface area contributed by atoms with Crippen LogP contribution in [0.5, 0.6) is 0 Å². The van der Waals surface area contributed by atoms with E-state index in [1.54, 1.807) is 0 Å². The van der Waals surface area contributed by atoms with E-state index in [0.717, 1.165) is 24.3 Å². The molecule has 3 N–H and O–H groups in total. The molecule has 0 amide bonds. The summed E-state index contributed by atoms with van der Waals surface area (Å²) in [5.41, 5.74) is 9.54. The predicted octanol–water partition coefficient (Wildman–Crippen LogP) is 3.65. The molecule has 0 saturated heterocycles. The topological polar surface area (TPSA) is 46.2 Å². The Bertz CT molecular complexity index is 584. The van der Waals surface area contributed by atoms with Crippen molar-refractivity contribution < 1.29 is 5.11 Å². The summed E-state index contributed by atoms with van der Waals surface area (Å²) in [6, 6.07) is 16.4. The molecular formula is C18H20ClNO. The summed E-state index contributed by atoms with van der Waals surface area (Å²) in [6.07, 6.45) is 2.40. The summed E-state index contributed by atoms with van der Waals surface area (Å²) in [4.78, 5) is 0. The molecule has 1 aliphatic rings. The molecule has 3 rings (SSSR count). The van der Waals surface area contributed by atoms with Gasteiger partial charge >= 0.3 is 0 Å². The van der Waals surface area contributed by atoms with Gasteiger partial charge in [0, 0.05) is 11.1 Å². The Hall–Kier alpha value is -1.35. The fourth-order valence-corrected chi connectivity index (χ4v) is 3.26. The summed E-state index contributed by atoms with van der Waals surface area (Å²) in [5.74, 6) is 0.497. The monoisotopic (exact) mass is 301 g/mol. The minimum Gasteiger partial charge on any atom is -0.392 e. The first-order valence-corrected chi connectivity index (χ1v) is 7.78. The van der Waals surface area contributed by atoms with E-state index < -0.39 is 0 Å². The highest BCUT2D eigenvalue weighted by molar-refractivity contribution is 6.30. The van der Waals surface area contributed by atoms with Crippen molar-refractivity contribution in [2.24, 2.45) is 11.7 Å². The number of aliphatic hydroxyl groups excluding tert-OH is 1. The fourth-order valence-electron chi connectivity index (χ4n) is 3.13. The van der Waals surface area contributed by atoms with Gasteiger partial charge < -0.3 is 10.8 Å². The van der Waals surface area contributed by atoms with Gasteiger partial charge in [-0.15, -0.1) is 0 Å². The normalized spacial score (nSPS) is 25.2. The highest BCUT2D eigenvalue weighted by Gasteiger charge is 2.29. The zero-order valence-corrected chi connectivity index (χ0v) is 12.6. The van der Waals surface area contributed by atoms with Gasteiger partial charge in [0.1, 0.15) is 0 Å². The second kappa shape index (κ2) is 6.18. The summed E-state index contributed by atoms with van der Waals surface area (Å²) < 4.78 is 0. The van der Waals surface area contributed by atoms with E-state index in [9.17, 15) is 5.11 Å². The zero-order valence-electron chi connectivity index (χ0n) is 11.9. The molecule has 0 aliphatic heterocycles. The van der Waals surface area contributed by atoms with E-state index in [2.05, 4.69) is 24.3 Å². The maximum Gasteiger partial charge on any atom is 0.0693 e. The first-order valence-electron chi connectivity index (χ1n) is 7.40. The lowest BCUT2D eigenvalue weighted by Gasteiger charge is -2.10. The van der Waals surface area contributed by atoms with Crippen molar-refractivity contribution in [3.63, 3.8) is 0 Å². The largest absolute Gasteiger partial charge is 0.392 e. The molecule has 0 bridgehead atoms. The maximum absolute atomic E-state index is 9.73. The van der Waals surface area contributed by atoms with E-state index in [0.29, 0.717) is 5.92 Å². The second-order valence-electron chi connectivity index (χ2n) is 5.98. The van der Waals surface area contributed by atoms with Crippen LogP contribution in [0.2, 0.25) is 5.02 Å². The molecular weight excluding hydrogens is 282 g/mol. The van der Waals surface area contributed by atoms with Crippen LogP contribution in [0.15, 0.2) is 48.5 Å². The molecule has 0 heterocycles. The minimum atomic E-state index is -0.330. The van der Waals surface area contributed by atoms with Crippen LogP contribution in [0, 0.1) is 5.92 Å². The van der Waals surface area contributed by atoms with Gasteiger partial charge in [-0.25, -0.2) is 0 Å². The number of benzene rings is 2. The Morgan fingerprint density at radius 2 is 1.52 bits per heavy atom. The number of hydrogen-bond donors (Lipinski definition) is 2. The molecule has 1 saturated carbocycles. The Balaban J connectivity index is 1.68. The van der Waals surface area contributed by atoms with Crippen LogP contribution in [0.25, 0.3) is 11.1 Å². The molecule has 0 unspecified atom stereocenters. The van der Waals surface area contributed by atoms with E-state index in [-0.39, 0.29) is 12.1 Å². The van der Waals surface area contributed by atoms with Crippen molar-refractivity contribution in [1.29, 1.82) is 0 Å². The summed E-state index contributed by atoms with van der Waals surface area (Å²) in [7, 11) is 0. The zero-order chi connectivity index (χ0) is 14.8. The third-order valence-electron chi connectivity index (χ3n) is 4.33. The van der Waals surface area contributed by atoms with Gasteiger partial charge in [-0.2, -0.15) is 0 Å². The Kier molecular flexibility index (Phi) is 4.29. The third kappa shape index (κ3) is 3.46. The average molecular weight is 302 g/mol. The number of rotatable bonds is 3. The minimum absolute atomic E-state index is 0.0525. The van der Waals surface area contributed by atoms with Gasteiger partial charge in [-0.05, 0) is 54.0 Å². The molecule has 0 spiro atoms. The molecule has 0 aromatic heterocycles. The lowest BCUT2D eigenvalue weighted by atomic mass is 9.96. The van der Waals surface area contributed by atoms with Gasteiger partial charge in [0.05, 0.1) is 6.10 Å². The van der Waals surface area contributed by atoms with Crippen molar-refractivity contribution in [2.75, 3.05) is 0 Å². The van der Waals surface area contributed by atoms with Crippen molar-refractivity contribution in [3.8, 4) is 11.1 Å². The lowest BCUT2D eigenvalue weighted by Crippen LogP contribution is -2.28. The second-order valence-corrected chi connectivity index (χ2v) is 6.41. The van der Waals surface area contributed by atoms with Crippen molar-refractivity contribution in [3.05, 3.63) is 59.1 Å². The quantitative estimate of drug-likeness (QED) is 0.909. The molecule has 2 aromatic carbocycles. The Morgan fingerprint density at radius 1 is 0.952 bits per heavy atom. The highest BCUT2D eigenvalue weighted by atomic mass is 35.5. The number of nitrogens with two attached hydrogens (primary N) is 1. The van der Waals surface area contributed by atoms with Crippen molar-refractivity contribution in [2.45, 2.75) is 31.4 Å².